The van der Waals surface area contributed by atoms with Crippen LogP contribution in [0, 0.1) is 0 Å². The van der Waals surface area contributed by atoms with Crippen molar-refractivity contribution in [2.75, 3.05) is 61.2 Å². The molecule has 0 rings (SSSR count). The summed E-state index contributed by atoms with van der Waals surface area (Å²) in [5.41, 5.74) is 0. The fourth-order valence-electron chi connectivity index (χ4n) is 3.96. The molecule has 0 aliphatic rings. The average Bonchev–Trinajstić information content (AvgIpc) is 3.05. The molecule has 2 unspecified atom stereocenters. The lowest BCUT2D eigenvalue weighted by molar-refractivity contribution is -0.159. The number of hydrogen-bond acceptors (Lipinski definition) is 12. The Bertz CT molecular complexity index is 1020. The van der Waals surface area contributed by atoms with E-state index in [0.717, 1.165) is 12.0 Å². The van der Waals surface area contributed by atoms with Gasteiger partial charge in [0, 0.05) is 34.2 Å². The summed E-state index contributed by atoms with van der Waals surface area (Å²) in [6.45, 7) is 9.06. The second kappa shape index (κ2) is 25.0. The second-order valence-electron chi connectivity index (χ2n) is 9.62. The summed E-state index contributed by atoms with van der Waals surface area (Å²) in [5, 5.41) is 2.36. The van der Waals surface area contributed by atoms with Gasteiger partial charge in [0.2, 0.25) is 5.91 Å². The molecule has 4 amide bonds. The first-order chi connectivity index (χ1) is 21.8. The van der Waals surface area contributed by atoms with Crippen LogP contribution in [-0.4, -0.2) is 135 Å². The normalized spacial score (nSPS) is 11.3. The number of esters is 4. The number of hydrogen-bond donors (Lipinski definition) is 1. The number of carbonyl (C=O) groups is 8. The molecule has 0 saturated heterocycles. The van der Waals surface area contributed by atoms with Gasteiger partial charge in [-0.15, -0.1) is 0 Å². The predicted octanol–water partition coefficient (Wildman–Crippen LogP) is 0.444. The molecule has 264 valence electrons. The van der Waals surface area contributed by atoms with Gasteiger partial charge in [0.05, 0.1) is 26.9 Å². The van der Waals surface area contributed by atoms with E-state index in [1.54, 1.807) is 13.8 Å². The molecular formula is C30H52N4O12. The van der Waals surface area contributed by atoms with E-state index < -0.39 is 59.6 Å². The van der Waals surface area contributed by atoms with Crippen LogP contribution in [0.3, 0.4) is 0 Å². The molecule has 0 aliphatic carbocycles. The average molecular weight is 661 g/mol. The third-order valence-electron chi connectivity index (χ3n) is 6.40. The zero-order valence-electron chi connectivity index (χ0n) is 28.7. The fraction of sp³-hybridized carbons (Fsp3) is 0.733. The number of rotatable bonds is 17. The monoisotopic (exact) mass is 660 g/mol. The number of ether oxygens (including phenoxy) is 4. The Morgan fingerprint density at radius 3 is 1.46 bits per heavy atom. The molecule has 2 atom stereocenters. The number of unbranched alkanes of at least 4 members (excludes halogenated alkanes) is 2. The van der Waals surface area contributed by atoms with Crippen molar-refractivity contribution in [1.82, 2.24) is 20.0 Å². The molecule has 1 N–H and O–H groups in total. The minimum atomic E-state index is -1.23. The van der Waals surface area contributed by atoms with E-state index in [4.69, 9.17) is 18.9 Å². The summed E-state index contributed by atoms with van der Waals surface area (Å²) >= 11 is 0. The van der Waals surface area contributed by atoms with Crippen molar-refractivity contribution in [1.29, 1.82) is 0 Å². The van der Waals surface area contributed by atoms with Crippen molar-refractivity contribution in [3.05, 3.63) is 0 Å². The molecular weight excluding hydrogens is 608 g/mol. The van der Waals surface area contributed by atoms with Crippen LogP contribution in [0.1, 0.15) is 73.1 Å². The topological polar surface area (TPSA) is 195 Å². The Morgan fingerprint density at radius 1 is 0.630 bits per heavy atom. The van der Waals surface area contributed by atoms with Crippen LogP contribution in [0.25, 0.3) is 0 Å². The molecule has 0 aromatic heterocycles. The molecule has 0 aromatic rings. The Balaban J connectivity index is 0. The highest BCUT2D eigenvalue weighted by Gasteiger charge is 2.33. The minimum Gasteiger partial charge on any atom is -0.467 e. The first-order valence-electron chi connectivity index (χ1n) is 15.4. The molecule has 0 bridgehead atoms. The molecule has 0 saturated carbocycles. The molecule has 46 heavy (non-hydrogen) atoms. The number of nitrogens with one attached hydrogen (secondary N) is 1. The summed E-state index contributed by atoms with van der Waals surface area (Å²) in [7, 11) is 5.38. The van der Waals surface area contributed by atoms with Crippen LogP contribution in [-0.2, 0) is 57.3 Å². The number of likely N-dealkylation sites (N-methyl/N-ethyl adjacent to an activating group) is 3. The van der Waals surface area contributed by atoms with E-state index in [9.17, 15) is 38.4 Å². The molecule has 0 aromatic carbocycles. The van der Waals surface area contributed by atoms with Gasteiger partial charge in [0.15, 0.2) is 0 Å². The lowest BCUT2D eigenvalue weighted by Gasteiger charge is -2.30. The standard InChI is InChI=1S/C28H46N4O12.C2H6/c1-8-42-26(38)21(33)29-19(15-11-13-17-30(4)23(35)27(39)43-9-2)22(34)32(6)20(25(37)41-7)16-12-14-18-31(5)24(36)28(40)44-10-3;1-2/h19-20H,8-18H2,1-7H3,(H,29,33);1-2H3. The van der Waals surface area contributed by atoms with Gasteiger partial charge in [-0.25, -0.2) is 19.2 Å². The maximum absolute atomic E-state index is 13.5. The number of nitrogens with zero attached hydrogens (tertiary/aromatic N) is 3. The van der Waals surface area contributed by atoms with Crippen molar-refractivity contribution in [2.24, 2.45) is 0 Å². The minimum absolute atomic E-state index is 0.0322. The lowest BCUT2D eigenvalue weighted by atomic mass is 10.0. The first kappa shape index (κ1) is 43.9. The Hall–Kier alpha value is -4.24. The van der Waals surface area contributed by atoms with Crippen molar-refractivity contribution in [2.45, 2.75) is 85.2 Å². The largest absolute Gasteiger partial charge is 0.467 e. The second-order valence-corrected chi connectivity index (χ2v) is 9.62. The van der Waals surface area contributed by atoms with E-state index in [0.29, 0.717) is 19.3 Å². The van der Waals surface area contributed by atoms with Crippen LogP contribution >= 0.6 is 0 Å². The van der Waals surface area contributed by atoms with E-state index in [1.165, 1.54) is 37.9 Å². The van der Waals surface area contributed by atoms with E-state index in [2.05, 4.69) is 5.32 Å². The smallest absolute Gasteiger partial charge is 0.396 e. The molecule has 0 spiro atoms. The number of methoxy groups -OCH3 is 1. The molecule has 16 heteroatoms. The van der Waals surface area contributed by atoms with Gasteiger partial charge in [-0.1, -0.05) is 13.8 Å². The van der Waals surface area contributed by atoms with Crippen LogP contribution in [0.2, 0.25) is 0 Å². The van der Waals surface area contributed by atoms with Gasteiger partial charge >= 0.3 is 41.6 Å². The van der Waals surface area contributed by atoms with Gasteiger partial charge in [-0.2, -0.15) is 0 Å². The predicted molar refractivity (Wildman–Crippen MR) is 165 cm³/mol. The Kier molecular flexibility index (Phi) is 23.9. The lowest BCUT2D eigenvalue weighted by Crippen LogP contribution is -2.53. The van der Waals surface area contributed by atoms with Crippen LogP contribution in [0.15, 0.2) is 0 Å². The number of amides is 4. The van der Waals surface area contributed by atoms with E-state index in [-0.39, 0.29) is 52.2 Å². The van der Waals surface area contributed by atoms with Gasteiger partial charge in [-0.05, 0) is 59.3 Å². The SMILES string of the molecule is CC.CCOC(=O)C(=O)NC(CCCCN(C)C(=O)C(=O)OCC)C(=O)N(C)C(CCCCN(C)C(=O)C(=O)OCC)C(=O)OC. The van der Waals surface area contributed by atoms with Gasteiger partial charge < -0.3 is 39.0 Å². The van der Waals surface area contributed by atoms with Crippen LogP contribution in [0.4, 0.5) is 0 Å². The third-order valence-corrected chi connectivity index (χ3v) is 6.40. The zero-order valence-corrected chi connectivity index (χ0v) is 28.7. The molecule has 0 radical (unpaired) electrons. The highest BCUT2D eigenvalue weighted by molar-refractivity contribution is 6.33. The van der Waals surface area contributed by atoms with Gasteiger partial charge in [0.1, 0.15) is 12.1 Å². The highest BCUT2D eigenvalue weighted by Crippen LogP contribution is 2.14. The van der Waals surface area contributed by atoms with Crippen molar-refractivity contribution >= 4 is 47.5 Å². The quantitative estimate of drug-likeness (QED) is 0.0980. The zero-order chi connectivity index (χ0) is 35.8. The van der Waals surface area contributed by atoms with Crippen molar-refractivity contribution in [3.63, 3.8) is 0 Å². The Morgan fingerprint density at radius 2 is 1.04 bits per heavy atom. The molecule has 16 nitrogen and oxygen atoms in total. The fourth-order valence-corrected chi connectivity index (χ4v) is 3.96. The number of carbonyl (C=O) groups excluding carboxylic acids is 8. The van der Waals surface area contributed by atoms with Crippen molar-refractivity contribution in [3.8, 4) is 0 Å². The summed E-state index contributed by atoms with van der Waals surface area (Å²) in [6.07, 6.45) is 1.54. The first-order valence-corrected chi connectivity index (χ1v) is 15.4. The molecule has 0 heterocycles. The molecule has 0 fully saturated rings. The summed E-state index contributed by atoms with van der Waals surface area (Å²) in [4.78, 5) is 101. The maximum Gasteiger partial charge on any atom is 0.396 e. The van der Waals surface area contributed by atoms with Crippen LogP contribution in [0.5, 0.6) is 0 Å². The molecule has 0 aliphatic heterocycles. The summed E-state index contributed by atoms with van der Waals surface area (Å²) in [6, 6.07) is -2.29. The summed E-state index contributed by atoms with van der Waals surface area (Å²) in [5.74, 6) is -7.31. The van der Waals surface area contributed by atoms with E-state index >= 15 is 0 Å². The van der Waals surface area contributed by atoms with Gasteiger partial charge in [0.25, 0.3) is 0 Å². The van der Waals surface area contributed by atoms with Gasteiger partial charge in [-0.3, -0.25) is 19.2 Å². The van der Waals surface area contributed by atoms with E-state index in [1.807, 2.05) is 13.8 Å². The maximum atomic E-state index is 13.5. The van der Waals surface area contributed by atoms with Crippen molar-refractivity contribution < 1.29 is 57.3 Å². The summed E-state index contributed by atoms with van der Waals surface area (Å²) < 4.78 is 19.0. The highest BCUT2D eigenvalue weighted by atomic mass is 16.5. The third kappa shape index (κ3) is 16.2. The van der Waals surface area contributed by atoms with Crippen LogP contribution < -0.4 is 5.32 Å². The Labute approximate surface area is 271 Å².